The number of aliphatic imine (C=N–C) groups is 1. The summed E-state index contributed by atoms with van der Waals surface area (Å²) in [6.07, 6.45) is 7.96. The van der Waals surface area contributed by atoms with E-state index in [1.165, 1.54) is 25.7 Å². The molecule has 1 aliphatic carbocycles. The van der Waals surface area contributed by atoms with Gasteiger partial charge in [-0.2, -0.15) is 0 Å². The van der Waals surface area contributed by atoms with E-state index in [9.17, 15) is 0 Å². The number of pyridine rings is 1. The minimum atomic E-state index is 0.603. The van der Waals surface area contributed by atoms with E-state index in [1.807, 2.05) is 25.4 Å². The van der Waals surface area contributed by atoms with E-state index >= 15 is 0 Å². The number of guanidine groups is 1. The Bertz CT molecular complexity index is 369. The summed E-state index contributed by atoms with van der Waals surface area (Å²) in [6, 6.07) is 6.62. The van der Waals surface area contributed by atoms with E-state index in [2.05, 4.69) is 26.7 Å². The van der Waals surface area contributed by atoms with Crippen LogP contribution in [0.15, 0.2) is 29.4 Å². The van der Waals surface area contributed by atoms with Crippen LogP contribution in [0.2, 0.25) is 0 Å². The third-order valence-electron chi connectivity index (χ3n) is 3.32. The molecule has 1 heterocycles. The molecule has 4 heteroatoms. The van der Waals surface area contributed by atoms with Crippen LogP contribution in [0.1, 0.15) is 31.4 Å². The third kappa shape index (κ3) is 4.02. The number of nitrogens with zero attached hydrogens (tertiary/aromatic N) is 2. The predicted octanol–water partition coefficient (Wildman–Crippen LogP) is 1.73. The Kier molecular flexibility index (Phi) is 5.00. The SMILES string of the molecule is CN=C(NCCc1ccccn1)NC1CCCC1. The summed E-state index contributed by atoms with van der Waals surface area (Å²) >= 11 is 0. The van der Waals surface area contributed by atoms with Crippen LogP contribution in [0, 0.1) is 0 Å². The minimum absolute atomic E-state index is 0.603. The van der Waals surface area contributed by atoms with Crippen molar-refractivity contribution in [2.24, 2.45) is 4.99 Å². The monoisotopic (exact) mass is 246 g/mol. The molecular formula is C14H22N4. The molecule has 2 rings (SSSR count). The molecule has 4 nitrogen and oxygen atoms in total. The maximum Gasteiger partial charge on any atom is 0.191 e. The van der Waals surface area contributed by atoms with Crippen LogP contribution >= 0.6 is 0 Å². The van der Waals surface area contributed by atoms with Gasteiger partial charge in [-0.15, -0.1) is 0 Å². The molecule has 0 bridgehead atoms. The van der Waals surface area contributed by atoms with Crippen LogP contribution in [-0.2, 0) is 6.42 Å². The lowest BCUT2D eigenvalue weighted by Gasteiger charge is -2.16. The van der Waals surface area contributed by atoms with Crippen molar-refractivity contribution in [3.8, 4) is 0 Å². The molecule has 0 atom stereocenters. The number of hydrogen-bond donors (Lipinski definition) is 2. The molecule has 0 unspecified atom stereocenters. The second kappa shape index (κ2) is 6.99. The molecular weight excluding hydrogens is 224 g/mol. The van der Waals surface area contributed by atoms with Crippen molar-refractivity contribution in [3.63, 3.8) is 0 Å². The molecule has 1 aliphatic rings. The molecule has 18 heavy (non-hydrogen) atoms. The Morgan fingerprint density at radius 1 is 1.39 bits per heavy atom. The molecule has 1 aromatic heterocycles. The lowest BCUT2D eigenvalue weighted by Crippen LogP contribution is -2.43. The van der Waals surface area contributed by atoms with E-state index < -0.39 is 0 Å². The van der Waals surface area contributed by atoms with Crippen LogP contribution in [0.5, 0.6) is 0 Å². The van der Waals surface area contributed by atoms with Crippen molar-refractivity contribution in [1.82, 2.24) is 15.6 Å². The molecule has 98 valence electrons. The zero-order valence-electron chi connectivity index (χ0n) is 11.0. The second-order valence-electron chi connectivity index (χ2n) is 4.70. The van der Waals surface area contributed by atoms with Crippen molar-refractivity contribution in [1.29, 1.82) is 0 Å². The van der Waals surface area contributed by atoms with Crippen molar-refractivity contribution in [2.45, 2.75) is 38.1 Å². The Labute approximate surface area is 109 Å². The molecule has 0 aromatic carbocycles. The first-order chi connectivity index (χ1) is 8.88. The van der Waals surface area contributed by atoms with Gasteiger partial charge in [-0.05, 0) is 25.0 Å². The lowest BCUT2D eigenvalue weighted by molar-refractivity contribution is 0.613. The molecule has 0 amide bonds. The fourth-order valence-electron chi connectivity index (χ4n) is 2.31. The van der Waals surface area contributed by atoms with Gasteiger partial charge in [0.05, 0.1) is 0 Å². The standard InChI is InChI=1S/C14H22N4/c1-15-14(18-13-7-2-3-8-13)17-11-9-12-6-4-5-10-16-12/h4-6,10,13H,2-3,7-9,11H2,1H3,(H2,15,17,18). The van der Waals surface area contributed by atoms with Crippen LogP contribution in [0.25, 0.3) is 0 Å². The second-order valence-corrected chi connectivity index (χ2v) is 4.70. The van der Waals surface area contributed by atoms with E-state index in [4.69, 9.17) is 0 Å². The third-order valence-corrected chi connectivity index (χ3v) is 3.32. The zero-order chi connectivity index (χ0) is 12.6. The van der Waals surface area contributed by atoms with Crippen molar-refractivity contribution >= 4 is 5.96 Å². The average molecular weight is 246 g/mol. The van der Waals surface area contributed by atoms with E-state index in [1.54, 1.807) is 0 Å². The van der Waals surface area contributed by atoms with E-state index in [0.717, 1.165) is 24.6 Å². The molecule has 0 saturated heterocycles. The molecule has 1 aromatic rings. The van der Waals surface area contributed by atoms with Crippen molar-refractivity contribution < 1.29 is 0 Å². The van der Waals surface area contributed by atoms with Gasteiger partial charge >= 0.3 is 0 Å². The first kappa shape index (κ1) is 12.9. The van der Waals surface area contributed by atoms with Crippen LogP contribution in [0.4, 0.5) is 0 Å². The van der Waals surface area contributed by atoms with E-state index in [0.29, 0.717) is 6.04 Å². The largest absolute Gasteiger partial charge is 0.356 e. The summed E-state index contributed by atoms with van der Waals surface area (Å²) in [4.78, 5) is 8.56. The summed E-state index contributed by atoms with van der Waals surface area (Å²) in [6.45, 7) is 0.864. The van der Waals surface area contributed by atoms with Crippen LogP contribution in [-0.4, -0.2) is 30.6 Å². The number of nitrogens with one attached hydrogen (secondary N) is 2. The molecule has 0 radical (unpaired) electrons. The van der Waals surface area contributed by atoms with Gasteiger partial charge in [-0.25, -0.2) is 0 Å². The fourth-order valence-corrected chi connectivity index (χ4v) is 2.31. The predicted molar refractivity (Wildman–Crippen MR) is 74.7 cm³/mol. The fraction of sp³-hybridized carbons (Fsp3) is 0.571. The number of rotatable bonds is 4. The molecule has 0 aliphatic heterocycles. The smallest absolute Gasteiger partial charge is 0.191 e. The Hall–Kier alpha value is -1.58. The average Bonchev–Trinajstić information content (AvgIpc) is 2.92. The van der Waals surface area contributed by atoms with Gasteiger partial charge in [0, 0.05) is 37.9 Å². The van der Waals surface area contributed by atoms with E-state index in [-0.39, 0.29) is 0 Å². The van der Waals surface area contributed by atoms with Gasteiger partial charge in [-0.1, -0.05) is 18.9 Å². The lowest BCUT2D eigenvalue weighted by atomic mass is 10.2. The topological polar surface area (TPSA) is 49.3 Å². The summed E-state index contributed by atoms with van der Waals surface area (Å²) in [7, 11) is 1.82. The van der Waals surface area contributed by atoms with Crippen LogP contribution in [0.3, 0.4) is 0 Å². The highest BCUT2D eigenvalue weighted by molar-refractivity contribution is 5.79. The zero-order valence-corrected chi connectivity index (χ0v) is 11.0. The van der Waals surface area contributed by atoms with Gasteiger partial charge in [0.25, 0.3) is 0 Å². The van der Waals surface area contributed by atoms with Crippen molar-refractivity contribution in [2.75, 3.05) is 13.6 Å². The van der Waals surface area contributed by atoms with Gasteiger partial charge in [0.1, 0.15) is 0 Å². The molecule has 1 fully saturated rings. The Balaban J connectivity index is 1.70. The van der Waals surface area contributed by atoms with Gasteiger partial charge < -0.3 is 10.6 Å². The summed E-state index contributed by atoms with van der Waals surface area (Å²) < 4.78 is 0. The molecule has 1 saturated carbocycles. The maximum absolute atomic E-state index is 4.30. The maximum atomic E-state index is 4.30. The molecule has 2 N–H and O–H groups in total. The highest BCUT2D eigenvalue weighted by Crippen LogP contribution is 2.17. The summed E-state index contributed by atoms with van der Waals surface area (Å²) in [5.74, 6) is 0.915. The summed E-state index contributed by atoms with van der Waals surface area (Å²) in [5.41, 5.74) is 1.11. The van der Waals surface area contributed by atoms with Gasteiger partial charge in [0.2, 0.25) is 0 Å². The highest BCUT2D eigenvalue weighted by atomic mass is 15.2. The van der Waals surface area contributed by atoms with Crippen LogP contribution < -0.4 is 10.6 Å². The van der Waals surface area contributed by atoms with Crippen molar-refractivity contribution in [3.05, 3.63) is 30.1 Å². The first-order valence-corrected chi connectivity index (χ1v) is 6.75. The number of aromatic nitrogens is 1. The Morgan fingerprint density at radius 3 is 2.89 bits per heavy atom. The number of hydrogen-bond acceptors (Lipinski definition) is 2. The summed E-state index contributed by atoms with van der Waals surface area (Å²) in [5, 5.41) is 6.81. The van der Waals surface area contributed by atoms with Gasteiger partial charge in [-0.3, -0.25) is 9.98 Å². The molecule has 0 spiro atoms. The van der Waals surface area contributed by atoms with Gasteiger partial charge in [0.15, 0.2) is 5.96 Å². The first-order valence-electron chi connectivity index (χ1n) is 6.75. The highest BCUT2D eigenvalue weighted by Gasteiger charge is 2.15. The minimum Gasteiger partial charge on any atom is -0.356 e. The normalized spacial score (nSPS) is 16.8. The Morgan fingerprint density at radius 2 is 2.22 bits per heavy atom. The quantitative estimate of drug-likeness (QED) is 0.628.